The summed E-state index contributed by atoms with van der Waals surface area (Å²) in [5.41, 5.74) is 16.1. The zero-order valence-electron chi connectivity index (χ0n) is 18.4. The van der Waals surface area contributed by atoms with Gasteiger partial charge in [-0.1, -0.05) is 36.4 Å². The number of aromatic nitrogens is 1. The predicted octanol–water partition coefficient (Wildman–Crippen LogP) is 4.02. The molecular formula is C26H29N5O2. The molecule has 7 heteroatoms. The third-order valence-electron chi connectivity index (χ3n) is 5.66. The Morgan fingerprint density at radius 1 is 0.939 bits per heavy atom. The number of hydrogen-bond acceptors (Lipinski definition) is 6. The first-order valence-electron chi connectivity index (χ1n) is 11.1. The summed E-state index contributed by atoms with van der Waals surface area (Å²) in [6.45, 7) is 0.448. The molecule has 0 aliphatic carbocycles. The van der Waals surface area contributed by atoms with E-state index in [1.54, 1.807) is 0 Å². The zero-order chi connectivity index (χ0) is 23.2. The van der Waals surface area contributed by atoms with Crippen LogP contribution < -0.4 is 22.1 Å². The Balaban J connectivity index is 1.71. The summed E-state index contributed by atoms with van der Waals surface area (Å²) >= 11 is 0. The Kier molecular flexibility index (Phi) is 7.02. The fourth-order valence-electron chi connectivity index (χ4n) is 4.04. The Morgan fingerprint density at radius 3 is 2.18 bits per heavy atom. The number of pyridine rings is 1. The lowest BCUT2D eigenvalue weighted by atomic mass is 10.1. The van der Waals surface area contributed by atoms with E-state index in [2.05, 4.69) is 10.6 Å². The number of aliphatic hydroxyl groups is 1. The van der Waals surface area contributed by atoms with Crippen molar-refractivity contribution in [3.05, 3.63) is 72.3 Å². The average Bonchev–Trinajstić information content (AvgIpc) is 2.83. The van der Waals surface area contributed by atoms with Gasteiger partial charge in [-0.2, -0.15) is 0 Å². The second kappa shape index (κ2) is 10.3. The smallest absolute Gasteiger partial charge is 0.239 e. The maximum Gasteiger partial charge on any atom is 0.239 e. The topological polar surface area (TPSA) is 126 Å². The van der Waals surface area contributed by atoms with Gasteiger partial charge in [0.05, 0.1) is 23.3 Å². The summed E-state index contributed by atoms with van der Waals surface area (Å²) in [5, 5.41) is 18.6. The van der Waals surface area contributed by atoms with Gasteiger partial charge in [0.2, 0.25) is 5.91 Å². The maximum absolute atomic E-state index is 12.0. The Hall–Kier alpha value is -3.68. The zero-order valence-corrected chi connectivity index (χ0v) is 18.4. The molecule has 0 radical (unpaired) electrons. The van der Waals surface area contributed by atoms with Crippen molar-refractivity contribution in [2.45, 2.75) is 31.9 Å². The van der Waals surface area contributed by atoms with Crippen molar-refractivity contribution in [2.24, 2.45) is 11.5 Å². The normalized spacial score (nSPS) is 12.1. The minimum Gasteiger partial charge on any atom is -0.392 e. The SMILES string of the molecule is NCCCC[C@H](Nc1cc(CO)cc(Nc2c3ccccc3nc3ccccc23)c1)C(N)=O. The van der Waals surface area contributed by atoms with E-state index in [0.29, 0.717) is 18.7 Å². The Labute approximate surface area is 192 Å². The Bertz CT molecular complexity index is 1220. The summed E-state index contributed by atoms with van der Waals surface area (Å²) in [5.74, 6) is -0.415. The molecule has 0 aliphatic heterocycles. The molecule has 4 rings (SSSR count). The molecule has 7 nitrogen and oxygen atoms in total. The number of nitrogens with zero attached hydrogens (tertiary/aromatic N) is 1. The van der Waals surface area contributed by atoms with Crippen LogP contribution in [-0.4, -0.2) is 28.6 Å². The van der Waals surface area contributed by atoms with E-state index in [9.17, 15) is 9.90 Å². The highest BCUT2D eigenvalue weighted by Crippen LogP contribution is 2.34. The number of anilines is 3. The van der Waals surface area contributed by atoms with Crippen molar-refractivity contribution in [1.82, 2.24) is 4.98 Å². The number of rotatable bonds is 10. The highest BCUT2D eigenvalue weighted by Gasteiger charge is 2.16. The van der Waals surface area contributed by atoms with E-state index in [1.165, 1.54) is 0 Å². The predicted molar refractivity (Wildman–Crippen MR) is 134 cm³/mol. The molecule has 0 fully saturated rings. The first-order chi connectivity index (χ1) is 16.1. The number of benzene rings is 3. The molecule has 170 valence electrons. The first kappa shape index (κ1) is 22.5. The number of hydrogen-bond donors (Lipinski definition) is 5. The van der Waals surface area contributed by atoms with Gasteiger partial charge in [0.15, 0.2) is 0 Å². The molecular weight excluding hydrogens is 414 g/mol. The summed E-state index contributed by atoms with van der Waals surface area (Å²) in [6, 6.07) is 21.1. The standard InChI is InChI=1S/C26H29N5O2/c27-12-6-5-11-24(26(28)33)29-18-13-17(16-32)14-19(15-18)30-25-20-7-1-3-9-22(20)31-23-10-4-2-8-21(23)25/h1-4,7-10,13-15,24,29,32H,5-6,11-12,16,27H2,(H2,28,33)(H,30,31)/t24-/m0/s1. The molecule has 0 saturated carbocycles. The fourth-order valence-corrected chi connectivity index (χ4v) is 4.04. The number of para-hydroxylation sites is 2. The van der Waals surface area contributed by atoms with Crippen LogP contribution in [0.2, 0.25) is 0 Å². The van der Waals surface area contributed by atoms with Crippen molar-refractivity contribution in [1.29, 1.82) is 0 Å². The van der Waals surface area contributed by atoms with Gasteiger partial charge in [-0.15, -0.1) is 0 Å². The molecule has 1 aromatic heterocycles. The van der Waals surface area contributed by atoms with Gasteiger partial charge < -0.3 is 27.2 Å². The molecule has 0 spiro atoms. The van der Waals surface area contributed by atoms with Crippen LogP contribution in [0.4, 0.5) is 17.1 Å². The molecule has 0 saturated heterocycles. The molecule has 0 unspecified atom stereocenters. The van der Waals surface area contributed by atoms with E-state index in [0.717, 1.165) is 51.6 Å². The van der Waals surface area contributed by atoms with Crippen LogP contribution in [0.3, 0.4) is 0 Å². The molecule has 1 heterocycles. The van der Waals surface area contributed by atoms with Gasteiger partial charge in [-0.25, -0.2) is 4.98 Å². The second-order valence-electron chi connectivity index (χ2n) is 8.11. The lowest BCUT2D eigenvalue weighted by molar-refractivity contribution is -0.118. The van der Waals surface area contributed by atoms with Crippen molar-refractivity contribution in [2.75, 3.05) is 17.2 Å². The monoisotopic (exact) mass is 443 g/mol. The molecule has 7 N–H and O–H groups in total. The number of primary amides is 1. The van der Waals surface area contributed by atoms with Gasteiger partial charge in [0.1, 0.15) is 6.04 Å². The van der Waals surface area contributed by atoms with Crippen LogP contribution in [0.1, 0.15) is 24.8 Å². The summed E-state index contributed by atoms with van der Waals surface area (Å²) in [6.07, 6.45) is 2.23. The van der Waals surface area contributed by atoms with Crippen molar-refractivity contribution < 1.29 is 9.90 Å². The lowest BCUT2D eigenvalue weighted by Crippen LogP contribution is -2.35. The average molecular weight is 444 g/mol. The third kappa shape index (κ3) is 5.22. The largest absolute Gasteiger partial charge is 0.392 e. The van der Waals surface area contributed by atoms with Gasteiger partial charge in [0, 0.05) is 22.1 Å². The molecule has 33 heavy (non-hydrogen) atoms. The molecule has 3 aromatic carbocycles. The van der Waals surface area contributed by atoms with E-state index in [1.807, 2.05) is 66.7 Å². The number of amides is 1. The molecule has 0 aliphatic rings. The molecule has 1 amide bonds. The maximum atomic E-state index is 12.0. The van der Waals surface area contributed by atoms with Gasteiger partial charge in [-0.3, -0.25) is 4.79 Å². The first-order valence-corrected chi connectivity index (χ1v) is 11.1. The molecule has 1 atom stereocenters. The number of nitrogens with one attached hydrogen (secondary N) is 2. The lowest BCUT2D eigenvalue weighted by Gasteiger charge is -2.19. The second-order valence-corrected chi connectivity index (χ2v) is 8.11. The van der Waals surface area contributed by atoms with Gasteiger partial charge >= 0.3 is 0 Å². The van der Waals surface area contributed by atoms with E-state index in [-0.39, 0.29) is 6.61 Å². The van der Waals surface area contributed by atoms with Crippen molar-refractivity contribution in [3.8, 4) is 0 Å². The minimum absolute atomic E-state index is 0.129. The number of carbonyl (C=O) groups is 1. The van der Waals surface area contributed by atoms with Crippen molar-refractivity contribution in [3.63, 3.8) is 0 Å². The molecule has 4 aromatic rings. The van der Waals surface area contributed by atoms with Crippen LogP contribution in [0, 0.1) is 0 Å². The number of unbranched alkanes of at least 4 members (excludes halogenated alkanes) is 1. The number of nitrogens with two attached hydrogens (primary N) is 2. The van der Waals surface area contributed by atoms with Crippen LogP contribution in [0.5, 0.6) is 0 Å². The van der Waals surface area contributed by atoms with Crippen LogP contribution >= 0.6 is 0 Å². The van der Waals surface area contributed by atoms with E-state index < -0.39 is 11.9 Å². The summed E-state index contributed by atoms with van der Waals surface area (Å²) in [4.78, 5) is 16.8. The highest BCUT2D eigenvalue weighted by atomic mass is 16.3. The number of carbonyl (C=O) groups excluding carboxylic acids is 1. The van der Waals surface area contributed by atoms with Crippen LogP contribution in [0.15, 0.2) is 66.7 Å². The Morgan fingerprint density at radius 2 is 1.58 bits per heavy atom. The van der Waals surface area contributed by atoms with Crippen LogP contribution in [-0.2, 0) is 11.4 Å². The van der Waals surface area contributed by atoms with Gasteiger partial charge in [-0.05, 0) is 61.7 Å². The molecule has 0 bridgehead atoms. The van der Waals surface area contributed by atoms with Crippen molar-refractivity contribution >= 4 is 44.8 Å². The number of fused-ring (bicyclic) bond motifs is 2. The van der Waals surface area contributed by atoms with Crippen LogP contribution in [0.25, 0.3) is 21.8 Å². The number of aliphatic hydroxyl groups excluding tert-OH is 1. The quantitative estimate of drug-likeness (QED) is 0.186. The third-order valence-corrected chi connectivity index (χ3v) is 5.66. The van der Waals surface area contributed by atoms with E-state index in [4.69, 9.17) is 16.5 Å². The summed E-state index contributed by atoms with van der Waals surface area (Å²) in [7, 11) is 0. The van der Waals surface area contributed by atoms with E-state index >= 15 is 0 Å². The fraction of sp³-hybridized carbons (Fsp3) is 0.231. The minimum atomic E-state index is -0.513. The summed E-state index contributed by atoms with van der Waals surface area (Å²) < 4.78 is 0. The highest BCUT2D eigenvalue weighted by molar-refractivity contribution is 6.08. The van der Waals surface area contributed by atoms with Gasteiger partial charge in [0.25, 0.3) is 0 Å².